The monoisotopic (exact) mass is 361 g/mol. The molecule has 1 N–H and O–H groups in total. The van der Waals surface area contributed by atoms with E-state index in [1.165, 1.54) is 11.8 Å². The first-order valence-corrected chi connectivity index (χ1v) is 8.81. The topological polar surface area (TPSA) is 73.3 Å². The quantitative estimate of drug-likeness (QED) is 0.797. The van der Waals surface area contributed by atoms with E-state index in [1.54, 1.807) is 14.2 Å². The lowest BCUT2D eigenvalue weighted by Gasteiger charge is -2.20. The molecule has 1 heterocycles. The molecule has 0 saturated carbocycles. The molecular formula is C18H23N3O3S. The third-order valence-electron chi connectivity index (χ3n) is 3.19. The summed E-state index contributed by atoms with van der Waals surface area (Å²) in [6.07, 6.45) is 0. The van der Waals surface area contributed by atoms with Crippen LogP contribution in [0, 0.1) is 0 Å². The van der Waals surface area contributed by atoms with Crippen molar-refractivity contribution < 1.29 is 14.3 Å². The predicted molar refractivity (Wildman–Crippen MR) is 99.2 cm³/mol. The molecule has 1 aromatic heterocycles. The summed E-state index contributed by atoms with van der Waals surface area (Å²) < 4.78 is 10.6. The largest absolute Gasteiger partial charge is 0.497 e. The lowest BCUT2D eigenvalue weighted by Crippen LogP contribution is -2.41. The van der Waals surface area contributed by atoms with Crippen LogP contribution in [0.15, 0.2) is 35.4 Å². The van der Waals surface area contributed by atoms with E-state index < -0.39 is 0 Å². The molecule has 0 saturated heterocycles. The number of methoxy groups -OCH3 is 2. The number of carbonyl (C=O) groups excluding carboxylic acids is 1. The third-order valence-corrected chi connectivity index (χ3v) is 4.11. The fourth-order valence-corrected chi connectivity index (χ4v) is 2.76. The molecule has 7 heteroatoms. The molecule has 0 bridgehead atoms. The minimum atomic E-state index is -0.240. The molecule has 0 aliphatic carbocycles. The van der Waals surface area contributed by atoms with E-state index in [4.69, 9.17) is 9.47 Å². The van der Waals surface area contributed by atoms with Crippen molar-refractivity contribution >= 4 is 17.7 Å². The van der Waals surface area contributed by atoms with Crippen LogP contribution in [0.25, 0.3) is 11.3 Å². The molecule has 1 aromatic carbocycles. The lowest BCUT2D eigenvalue weighted by atomic mass is 10.1. The standard InChI is InChI=1S/C18H23N3O3S/c1-18(2,3)19-16(22)11-25-17-9-7-14(20-21-17)13-10-12(23-4)6-8-15(13)24-5/h6-10H,11H2,1-5H3,(H,19,22). The van der Waals surface area contributed by atoms with Gasteiger partial charge in [0.05, 0.1) is 25.7 Å². The number of aromatic nitrogens is 2. The van der Waals surface area contributed by atoms with Crippen molar-refractivity contribution in [1.82, 2.24) is 15.5 Å². The Kier molecular flexibility index (Phi) is 6.25. The van der Waals surface area contributed by atoms with Crippen LogP contribution in [0.2, 0.25) is 0 Å². The normalized spacial score (nSPS) is 11.1. The zero-order chi connectivity index (χ0) is 18.4. The molecule has 0 spiro atoms. The molecule has 0 fully saturated rings. The van der Waals surface area contributed by atoms with Crippen molar-refractivity contribution in [1.29, 1.82) is 0 Å². The van der Waals surface area contributed by atoms with Gasteiger partial charge < -0.3 is 14.8 Å². The number of amides is 1. The fourth-order valence-electron chi connectivity index (χ4n) is 2.15. The highest BCUT2D eigenvalue weighted by molar-refractivity contribution is 7.99. The van der Waals surface area contributed by atoms with E-state index in [0.29, 0.717) is 22.2 Å². The molecule has 1 amide bonds. The number of benzene rings is 1. The molecule has 0 aliphatic rings. The van der Waals surface area contributed by atoms with Crippen molar-refractivity contribution in [3.05, 3.63) is 30.3 Å². The van der Waals surface area contributed by atoms with Gasteiger partial charge in [-0.2, -0.15) is 0 Å². The van der Waals surface area contributed by atoms with Gasteiger partial charge in [-0.05, 0) is 51.1 Å². The lowest BCUT2D eigenvalue weighted by molar-refractivity contribution is -0.119. The van der Waals surface area contributed by atoms with Crippen LogP contribution in [0.1, 0.15) is 20.8 Å². The van der Waals surface area contributed by atoms with E-state index >= 15 is 0 Å². The van der Waals surface area contributed by atoms with Crippen LogP contribution >= 0.6 is 11.8 Å². The fraction of sp³-hybridized carbons (Fsp3) is 0.389. The average Bonchev–Trinajstić information content (AvgIpc) is 2.58. The first-order chi connectivity index (χ1) is 11.8. The molecule has 2 aromatic rings. The Morgan fingerprint density at radius 3 is 2.44 bits per heavy atom. The highest BCUT2D eigenvalue weighted by Gasteiger charge is 2.14. The summed E-state index contributed by atoms with van der Waals surface area (Å²) in [7, 11) is 3.22. The predicted octanol–water partition coefficient (Wildman–Crippen LogP) is 3.17. The highest BCUT2D eigenvalue weighted by atomic mass is 32.2. The Morgan fingerprint density at radius 2 is 1.88 bits per heavy atom. The van der Waals surface area contributed by atoms with Gasteiger partial charge in [0.2, 0.25) is 5.91 Å². The number of nitrogens with one attached hydrogen (secondary N) is 1. The maximum atomic E-state index is 11.9. The first kappa shape index (κ1) is 19.1. The second kappa shape index (κ2) is 8.20. The first-order valence-electron chi connectivity index (χ1n) is 7.82. The summed E-state index contributed by atoms with van der Waals surface area (Å²) in [5.74, 6) is 1.68. The van der Waals surface area contributed by atoms with Gasteiger partial charge >= 0.3 is 0 Å². The van der Waals surface area contributed by atoms with Gasteiger partial charge in [-0.15, -0.1) is 10.2 Å². The van der Waals surface area contributed by atoms with E-state index in [1.807, 2.05) is 51.1 Å². The maximum Gasteiger partial charge on any atom is 0.230 e. The Hall–Kier alpha value is -2.28. The zero-order valence-corrected chi connectivity index (χ0v) is 15.9. The average molecular weight is 361 g/mol. The van der Waals surface area contributed by atoms with E-state index in [2.05, 4.69) is 15.5 Å². The second-order valence-electron chi connectivity index (χ2n) is 6.41. The van der Waals surface area contributed by atoms with Crippen molar-refractivity contribution in [3.63, 3.8) is 0 Å². The third kappa shape index (κ3) is 5.63. The van der Waals surface area contributed by atoms with E-state index in [0.717, 1.165) is 11.3 Å². The zero-order valence-electron chi connectivity index (χ0n) is 15.1. The van der Waals surface area contributed by atoms with Gasteiger partial charge in [-0.25, -0.2) is 0 Å². The molecule has 25 heavy (non-hydrogen) atoms. The molecule has 0 unspecified atom stereocenters. The Balaban J connectivity index is 2.09. The second-order valence-corrected chi connectivity index (χ2v) is 7.41. The molecule has 0 radical (unpaired) electrons. The molecule has 6 nitrogen and oxygen atoms in total. The number of carbonyl (C=O) groups is 1. The number of hydrogen-bond acceptors (Lipinski definition) is 6. The Bertz CT molecular complexity index is 727. The van der Waals surface area contributed by atoms with Crippen LogP contribution in [0.5, 0.6) is 11.5 Å². The molecular weight excluding hydrogens is 338 g/mol. The number of rotatable bonds is 6. The van der Waals surface area contributed by atoms with Crippen molar-refractivity contribution in [2.75, 3.05) is 20.0 Å². The molecule has 0 aliphatic heterocycles. The minimum Gasteiger partial charge on any atom is -0.497 e. The van der Waals surface area contributed by atoms with E-state index in [9.17, 15) is 4.79 Å². The minimum absolute atomic E-state index is 0.0298. The summed E-state index contributed by atoms with van der Waals surface area (Å²) in [5.41, 5.74) is 1.24. The van der Waals surface area contributed by atoms with E-state index in [-0.39, 0.29) is 11.4 Å². The number of hydrogen-bond donors (Lipinski definition) is 1. The van der Waals surface area contributed by atoms with Crippen LogP contribution < -0.4 is 14.8 Å². The number of ether oxygens (including phenoxy) is 2. The van der Waals surface area contributed by atoms with Crippen molar-refractivity contribution in [2.24, 2.45) is 0 Å². The van der Waals surface area contributed by atoms with Crippen LogP contribution in [0.3, 0.4) is 0 Å². The smallest absolute Gasteiger partial charge is 0.230 e. The van der Waals surface area contributed by atoms with Crippen molar-refractivity contribution in [2.45, 2.75) is 31.3 Å². The summed E-state index contributed by atoms with van der Waals surface area (Å²) >= 11 is 1.35. The Labute approximate surface area is 152 Å². The molecule has 134 valence electrons. The van der Waals surface area contributed by atoms with Crippen LogP contribution in [-0.4, -0.2) is 41.6 Å². The van der Waals surface area contributed by atoms with Crippen molar-refractivity contribution in [3.8, 4) is 22.8 Å². The van der Waals surface area contributed by atoms with Gasteiger partial charge in [-0.1, -0.05) is 11.8 Å². The summed E-state index contributed by atoms with van der Waals surface area (Å²) in [6.45, 7) is 5.85. The van der Waals surface area contributed by atoms with Gasteiger partial charge in [0.15, 0.2) is 0 Å². The number of nitrogens with zero attached hydrogens (tertiary/aromatic N) is 2. The highest BCUT2D eigenvalue weighted by Crippen LogP contribution is 2.32. The van der Waals surface area contributed by atoms with Gasteiger partial charge in [0.25, 0.3) is 0 Å². The molecule has 2 rings (SSSR count). The Morgan fingerprint density at radius 1 is 1.12 bits per heavy atom. The van der Waals surface area contributed by atoms with Gasteiger partial charge in [0, 0.05) is 11.1 Å². The number of thioether (sulfide) groups is 1. The van der Waals surface area contributed by atoms with Crippen LogP contribution in [-0.2, 0) is 4.79 Å². The summed E-state index contributed by atoms with van der Waals surface area (Å²) in [5, 5.41) is 12.0. The summed E-state index contributed by atoms with van der Waals surface area (Å²) in [4.78, 5) is 11.9. The van der Waals surface area contributed by atoms with Gasteiger partial charge in [-0.3, -0.25) is 4.79 Å². The maximum absolute atomic E-state index is 11.9. The summed E-state index contributed by atoms with van der Waals surface area (Å²) in [6, 6.07) is 9.21. The SMILES string of the molecule is COc1ccc(OC)c(-c2ccc(SCC(=O)NC(C)(C)C)nn2)c1. The van der Waals surface area contributed by atoms with Crippen LogP contribution in [0.4, 0.5) is 0 Å². The molecule has 0 atom stereocenters. The van der Waals surface area contributed by atoms with Gasteiger partial charge in [0.1, 0.15) is 16.5 Å².